The van der Waals surface area contributed by atoms with Gasteiger partial charge in [0.1, 0.15) is 23.7 Å². The van der Waals surface area contributed by atoms with Gasteiger partial charge in [0.25, 0.3) is 11.8 Å². The van der Waals surface area contributed by atoms with Crippen LogP contribution in [0.15, 0.2) is 65.3 Å². The van der Waals surface area contributed by atoms with Crippen molar-refractivity contribution in [1.29, 1.82) is 0 Å². The first-order valence-electron chi connectivity index (χ1n) is 10.9. The van der Waals surface area contributed by atoms with Crippen LogP contribution in [0.3, 0.4) is 0 Å². The van der Waals surface area contributed by atoms with Crippen molar-refractivity contribution >= 4 is 28.7 Å². The molecule has 9 nitrogen and oxygen atoms in total. The predicted octanol–water partition coefficient (Wildman–Crippen LogP) is 2.96. The number of carbonyl (C=O) groups is 2. The number of rotatable bonds is 5. The lowest BCUT2D eigenvalue weighted by Gasteiger charge is -2.27. The van der Waals surface area contributed by atoms with Gasteiger partial charge in [-0.05, 0) is 35.9 Å². The lowest BCUT2D eigenvalue weighted by Crippen LogP contribution is -2.40. The van der Waals surface area contributed by atoms with Crippen LogP contribution in [0.5, 0.6) is 0 Å². The summed E-state index contributed by atoms with van der Waals surface area (Å²) >= 11 is 0. The zero-order chi connectivity index (χ0) is 23.5. The van der Waals surface area contributed by atoms with Gasteiger partial charge in [-0.15, -0.1) is 0 Å². The van der Waals surface area contributed by atoms with Gasteiger partial charge >= 0.3 is 0 Å². The molecule has 1 aromatic carbocycles. The second kappa shape index (κ2) is 9.42. The van der Waals surface area contributed by atoms with E-state index in [9.17, 15) is 9.59 Å². The average Bonchev–Trinajstić information content (AvgIpc) is 3.34. The lowest BCUT2D eigenvalue weighted by molar-refractivity contribution is -0.118. The van der Waals surface area contributed by atoms with Crippen molar-refractivity contribution in [2.75, 3.05) is 38.2 Å². The average molecular weight is 458 g/mol. The Morgan fingerprint density at radius 1 is 1.03 bits per heavy atom. The Morgan fingerprint density at radius 2 is 1.88 bits per heavy atom. The van der Waals surface area contributed by atoms with E-state index in [4.69, 9.17) is 14.3 Å². The monoisotopic (exact) mass is 458 g/mol. The molecule has 0 bridgehead atoms. The van der Waals surface area contributed by atoms with E-state index in [1.54, 1.807) is 29.4 Å². The Hall–Kier alpha value is -4.08. The maximum absolute atomic E-state index is 12.9. The molecule has 0 aliphatic carbocycles. The first-order valence-corrected chi connectivity index (χ1v) is 10.9. The van der Waals surface area contributed by atoms with Crippen LogP contribution in [0.25, 0.3) is 33.6 Å². The van der Waals surface area contributed by atoms with Gasteiger partial charge in [0.2, 0.25) is 0 Å². The molecule has 34 heavy (non-hydrogen) atoms. The van der Waals surface area contributed by atoms with Gasteiger partial charge in [-0.3, -0.25) is 14.6 Å². The second-order valence-corrected chi connectivity index (χ2v) is 7.81. The molecule has 1 aliphatic rings. The fraction of sp³-hybridized carbons (Fsp3) is 0.200. The molecule has 9 heteroatoms. The van der Waals surface area contributed by atoms with Gasteiger partial charge in [-0.25, -0.2) is 4.98 Å². The summed E-state index contributed by atoms with van der Waals surface area (Å²) in [6.45, 7) is 1.66. The molecule has 5 rings (SSSR count). The number of nitrogens with one attached hydrogen (secondary N) is 1. The van der Waals surface area contributed by atoms with Crippen molar-refractivity contribution in [3.8, 4) is 22.5 Å². The summed E-state index contributed by atoms with van der Waals surface area (Å²) in [4.78, 5) is 34.7. The molecule has 2 N–H and O–H groups in total. The molecule has 0 radical (unpaired) electrons. The quantitative estimate of drug-likeness (QED) is 0.472. The van der Waals surface area contributed by atoms with Crippen molar-refractivity contribution in [2.45, 2.75) is 0 Å². The molecule has 4 heterocycles. The number of benzene rings is 1. The number of anilines is 1. The van der Waals surface area contributed by atoms with E-state index in [0.29, 0.717) is 60.1 Å². The summed E-state index contributed by atoms with van der Waals surface area (Å²) in [5.74, 6) is 0.352. The third kappa shape index (κ3) is 4.39. The fourth-order valence-electron chi connectivity index (χ4n) is 3.87. The molecule has 1 aliphatic heterocycles. The van der Waals surface area contributed by atoms with E-state index < -0.39 is 12.5 Å². The van der Waals surface area contributed by atoms with E-state index in [1.807, 2.05) is 36.4 Å². The third-order valence-corrected chi connectivity index (χ3v) is 5.59. The van der Waals surface area contributed by atoms with Crippen LogP contribution >= 0.6 is 0 Å². The van der Waals surface area contributed by atoms with E-state index in [0.717, 1.165) is 11.1 Å². The smallest absolute Gasteiger partial charge is 0.254 e. The molecule has 0 atom stereocenters. The van der Waals surface area contributed by atoms with E-state index in [1.165, 1.54) is 0 Å². The number of aliphatic hydroxyl groups is 1. The van der Waals surface area contributed by atoms with E-state index in [-0.39, 0.29) is 5.91 Å². The maximum Gasteiger partial charge on any atom is 0.254 e. The van der Waals surface area contributed by atoms with Crippen molar-refractivity contribution in [3.05, 3.63) is 66.5 Å². The minimum Gasteiger partial charge on any atom is -0.454 e. The fourth-order valence-corrected chi connectivity index (χ4v) is 3.87. The van der Waals surface area contributed by atoms with Gasteiger partial charge in [-0.1, -0.05) is 12.1 Å². The first-order chi connectivity index (χ1) is 16.6. The second-order valence-electron chi connectivity index (χ2n) is 7.81. The minimum atomic E-state index is -0.610. The number of pyridine rings is 2. The van der Waals surface area contributed by atoms with Crippen LogP contribution < -0.4 is 5.32 Å². The minimum absolute atomic E-state index is 0.0185. The number of ether oxygens (including phenoxy) is 1. The number of nitrogens with zero attached hydrogens (tertiary/aromatic N) is 3. The molecule has 0 unspecified atom stereocenters. The largest absolute Gasteiger partial charge is 0.454 e. The third-order valence-electron chi connectivity index (χ3n) is 5.59. The number of hydrogen-bond donors (Lipinski definition) is 2. The number of fused-ring (bicyclic) bond motifs is 1. The topological polar surface area (TPSA) is 118 Å². The Labute approximate surface area is 195 Å². The van der Waals surface area contributed by atoms with Gasteiger partial charge in [0, 0.05) is 48.2 Å². The Morgan fingerprint density at radius 3 is 2.65 bits per heavy atom. The normalized spacial score (nSPS) is 13.7. The molecule has 1 fully saturated rings. The highest BCUT2D eigenvalue weighted by Crippen LogP contribution is 2.34. The summed E-state index contributed by atoms with van der Waals surface area (Å²) in [5, 5.41) is 11.3. The first kappa shape index (κ1) is 21.7. The summed E-state index contributed by atoms with van der Waals surface area (Å²) in [7, 11) is 0. The Kier molecular flexibility index (Phi) is 6.03. The van der Waals surface area contributed by atoms with Crippen molar-refractivity contribution in [2.24, 2.45) is 0 Å². The number of carbonyl (C=O) groups excluding carboxylic acids is 2. The van der Waals surface area contributed by atoms with E-state index >= 15 is 0 Å². The number of aliphatic hydroxyl groups excluding tert-OH is 1. The molecule has 172 valence electrons. The summed E-state index contributed by atoms with van der Waals surface area (Å²) in [5.41, 5.74) is 4.28. The van der Waals surface area contributed by atoms with Crippen LogP contribution in [-0.2, 0) is 9.53 Å². The summed E-state index contributed by atoms with van der Waals surface area (Å²) in [6.07, 6.45) is 3.28. The van der Waals surface area contributed by atoms with Gasteiger partial charge < -0.3 is 24.5 Å². The molecular weight excluding hydrogens is 436 g/mol. The predicted molar refractivity (Wildman–Crippen MR) is 125 cm³/mol. The highest BCUT2D eigenvalue weighted by atomic mass is 16.5. The highest BCUT2D eigenvalue weighted by molar-refractivity contribution is 5.98. The standard InChI is InChI=1S/C25H22N4O5/c30-15-23(31)28-22-5-4-18(14-27-22)21-13-20-24(34-21)19(6-7-26-20)16-2-1-3-17(12-16)25(32)29-8-10-33-11-9-29/h1-7,12-14,30H,8-11,15H2,(H,27,28,31). The molecule has 4 aromatic rings. The maximum atomic E-state index is 12.9. The number of furan rings is 1. The van der Waals surface area contributed by atoms with Gasteiger partial charge in [0.15, 0.2) is 5.58 Å². The number of morpholine rings is 1. The lowest BCUT2D eigenvalue weighted by atomic mass is 10.0. The van der Waals surface area contributed by atoms with Gasteiger partial charge in [-0.2, -0.15) is 0 Å². The summed E-state index contributed by atoms with van der Waals surface area (Å²) < 4.78 is 11.5. The zero-order valence-corrected chi connectivity index (χ0v) is 18.2. The highest BCUT2D eigenvalue weighted by Gasteiger charge is 2.20. The van der Waals surface area contributed by atoms with E-state index in [2.05, 4.69) is 15.3 Å². The molecule has 3 aromatic heterocycles. The molecule has 1 saturated heterocycles. The number of hydrogen-bond acceptors (Lipinski definition) is 7. The Bertz CT molecular complexity index is 1340. The van der Waals surface area contributed by atoms with Crippen molar-refractivity contribution < 1.29 is 23.8 Å². The van der Waals surface area contributed by atoms with Gasteiger partial charge in [0.05, 0.1) is 13.2 Å². The SMILES string of the molecule is O=C(CO)Nc1ccc(-c2cc3nccc(-c4cccc(C(=O)N5CCOCC5)c4)c3o2)cn1. The molecule has 0 spiro atoms. The van der Waals surface area contributed by atoms with Crippen LogP contribution in [0.2, 0.25) is 0 Å². The molecule has 0 saturated carbocycles. The summed E-state index contributed by atoms with van der Waals surface area (Å²) in [6, 6.07) is 14.6. The molecule has 2 amide bonds. The van der Waals surface area contributed by atoms with Crippen LogP contribution in [0.1, 0.15) is 10.4 Å². The van der Waals surface area contributed by atoms with Crippen LogP contribution in [-0.4, -0.2) is 64.7 Å². The number of aromatic nitrogens is 2. The molecular formula is C25H22N4O5. The van der Waals surface area contributed by atoms with Crippen LogP contribution in [0, 0.1) is 0 Å². The Balaban J connectivity index is 1.45. The van der Waals surface area contributed by atoms with Crippen molar-refractivity contribution in [3.63, 3.8) is 0 Å². The van der Waals surface area contributed by atoms with Crippen molar-refractivity contribution in [1.82, 2.24) is 14.9 Å². The zero-order valence-electron chi connectivity index (χ0n) is 18.2. The van der Waals surface area contributed by atoms with Crippen LogP contribution in [0.4, 0.5) is 5.82 Å². The number of amides is 2.